The fourth-order valence-electron chi connectivity index (χ4n) is 2.01. The summed E-state index contributed by atoms with van der Waals surface area (Å²) in [5, 5.41) is 24.3. The molecule has 2 aromatic carbocycles. The number of hydrogen-bond acceptors (Lipinski definition) is 6. The van der Waals surface area contributed by atoms with Crippen molar-refractivity contribution >= 4 is 28.4 Å². The lowest BCUT2D eigenvalue weighted by molar-refractivity contribution is -0.385. The lowest BCUT2D eigenvalue weighted by atomic mass is 10.1. The fourth-order valence-corrected chi connectivity index (χ4v) is 2.21. The van der Waals surface area contributed by atoms with Crippen molar-refractivity contribution < 1.29 is 14.6 Å². The Morgan fingerprint density at radius 1 is 1.25 bits per heavy atom. The Labute approximate surface area is 141 Å². The first-order valence-electron chi connectivity index (χ1n) is 6.78. The van der Waals surface area contributed by atoms with Gasteiger partial charge in [0.15, 0.2) is 5.75 Å². The predicted molar refractivity (Wildman–Crippen MR) is 88.2 cm³/mol. The summed E-state index contributed by atoms with van der Waals surface area (Å²) in [4.78, 5) is 14.4. The molecule has 1 aromatic heterocycles. The molecule has 0 saturated carbocycles. The van der Waals surface area contributed by atoms with E-state index in [9.17, 15) is 15.2 Å². The minimum absolute atomic E-state index is 0.0891. The first-order chi connectivity index (χ1) is 11.5. The molecule has 120 valence electrons. The van der Waals surface area contributed by atoms with Crippen LogP contribution in [0.5, 0.6) is 5.75 Å². The zero-order valence-electron chi connectivity index (χ0n) is 12.1. The number of rotatable bonds is 4. The summed E-state index contributed by atoms with van der Waals surface area (Å²) in [6, 6.07) is 13.1. The van der Waals surface area contributed by atoms with Crippen LogP contribution in [0.3, 0.4) is 0 Å². The highest BCUT2D eigenvalue weighted by Gasteiger charge is 2.15. The number of halogens is 1. The lowest BCUT2D eigenvalue weighted by Crippen LogP contribution is -1.89. The Kier molecular flexibility index (Phi) is 4.26. The summed E-state index contributed by atoms with van der Waals surface area (Å²) in [5.74, 6) is 0.0533. The minimum atomic E-state index is -0.680. The highest BCUT2D eigenvalue weighted by molar-refractivity contribution is 6.50. The van der Waals surface area contributed by atoms with Crippen molar-refractivity contribution in [3.8, 4) is 17.1 Å². The second-order valence-corrected chi connectivity index (χ2v) is 5.19. The van der Waals surface area contributed by atoms with Gasteiger partial charge in [0.05, 0.1) is 4.92 Å². The van der Waals surface area contributed by atoms with Crippen LogP contribution in [0.4, 0.5) is 5.69 Å². The topological polar surface area (TPSA) is 102 Å². The molecule has 7 nitrogen and oxygen atoms in total. The number of nitro groups is 1. The maximum absolute atomic E-state index is 10.8. The van der Waals surface area contributed by atoms with E-state index in [1.807, 2.05) is 30.3 Å². The fraction of sp³-hybridized carbons (Fsp3) is 0. The Morgan fingerprint density at radius 2 is 2.00 bits per heavy atom. The first kappa shape index (κ1) is 15.7. The van der Waals surface area contributed by atoms with Gasteiger partial charge in [0.1, 0.15) is 5.03 Å². The van der Waals surface area contributed by atoms with Crippen LogP contribution >= 0.6 is 11.6 Å². The molecule has 0 saturated heterocycles. The van der Waals surface area contributed by atoms with Crippen LogP contribution in [0.1, 0.15) is 11.5 Å². The molecule has 24 heavy (non-hydrogen) atoms. The number of phenols is 1. The Hall–Kier alpha value is -3.19. The van der Waals surface area contributed by atoms with Gasteiger partial charge in [-0.2, -0.15) is 4.98 Å². The van der Waals surface area contributed by atoms with Crippen LogP contribution in [0.15, 0.2) is 53.1 Å². The van der Waals surface area contributed by atoms with E-state index in [0.717, 1.165) is 5.56 Å². The van der Waals surface area contributed by atoms with E-state index in [2.05, 4.69) is 10.1 Å². The summed E-state index contributed by atoms with van der Waals surface area (Å²) in [6.45, 7) is 0. The van der Waals surface area contributed by atoms with Crippen molar-refractivity contribution in [1.29, 1.82) is 0 Å². The van der Waals surface area contributed by atoms with Crippen LogP contribution in [0.2, 0.25) is 0 Å². The first-order valence-corrected chi connectivity index (χ1v) is 7.16. The lowest BCUT2D eigenvalue weighted by Gasteiger charge is -1.98. The predicted octanol–water partition coefficient (Wildman–Crippen LogP) is 4.09. The van der Waals surface area contributed by atoms with Crippen LogP contribution in [-0.2, 0) is 0 Å². The summed E-state index contributed by atoms with van der Waals surface area (Å²) < 4.78 is 5.11. The highest BCUT2D eigenvalue weighted by Crippen LogP contribution is 2.29. The number of benzene rings is 2. The molecule has 0 radical (unpaired) electrons. The van der Waals surface area contributed by atoms with E-state index in [0.29, 0.717) is 11.4 Å². The minimum Gasteiger partial charge on any atom is -0.502 e. The third kappa shape index (κ3) is 3.26. The van der Waals surface area contributed by atoms with Gasteiger partial charge in [0.25, 0.3) is 5.89 Å². The molecule has 8 heteroatoms. The zero-order valence-corrected chi connectivity index (χ0v) is 12.8. The van der Waals surface area contributed by atoms with E-state index >= 15 is 0 Å². The molecule has 0 spiro atoms. The van der Waals surface area contributed by atoms with Crippen molar-refractivity contribution in [3.05, 3.63) is 70.1 Å². The van der Waals surface area contributed by atoms with Gasteiger partial charge in [-0.05, 0) is 17.7 Å². The van der Waals surface area contributed by atoms with Crippen molar-refractivity contribution in [3.63, 3.8) is 0 Å². The molecule has 0 aliphatic heterocycles. The van der Waals surface area contributed by atoms with Gasteiger partial charge in [-0.15, -0.1) is 0 Å². The van der Waals surface area contributed by atoms with Crippen LogP contribution in [0.25, 0.3) is 22.5 Å². The van der Waals surface area contributed by atoms with E-state index in [-0.39, 0.29) is 10.9 Å². The van der Waals surface area contributed by atoms with E-state index in [4.69, 9.17) is 16.1 Å². The highest BCUT2D eigenvalue weighted by atomic mass is 35.5. The SMILES string of the molecule is O=[N+]([O-])c1cc(/C=C(\Cl)c2nc(-c3ccccc3)no2)ccc1O. The van der Waals surface area contributed by atoms with Gasteiger partial charge in [-0.25, -0.2) is 0 Å². The third-order valence-corrected chi connectivity index (χ3v) is 3.42. The molecular formula is C16H10ClN3O4. The smallest absolute Gasteiger partial charge is 0.311 e. The third-order valence-electron chi connectivity index (χ3n) is 3.15. The monoisotopic (exact) mass is 343 g/mol. The molecule has 0 atom stereocenters. The molecule has 3 rings (SSSR count). The molecule has 0 aliphatic rings. The summed E-state index contributed by atoms with van der Waals surface area (Å²) in [5.41, 5.74) is 0.782. The summed E-state index contributed by atoms with van der Waals surface area (Å²) >= 11 is 6.15. The number of nitro benzene ring substituents is 1. The summed E-state index contributed by atoms with van der Waals surface area (Å²) in [7, 11) is 0. The Morgan fingerprint density at radius 3 is 2.71 bits per heavy atom. The van der Waals surface area contributed by atoms with Gasteiger partial charge in [0, 0.05) is 11.6 Å². The zero-order chi connectivity index (χ0) is 17.1. The molecule has 0 unspecified atom stereocenters. The largest absolute Gasteiger partial charge is 0.502 e. The molecule has 1 N–H and O–H groups in total. The normalized spacial score (nSPS) is 11.5. The second kappa shape index (κ2) is 6.51. The average Bonchev–Trinajstić information content (AvgIpc) is 3.07. The van der Waals surface area contributed by atoms with E-state index in [1.54, 1.807) is 0 Å². The number of phenolic OH excluding ortho intramolecular Hbond substituents is 1. The van der Waals surface area contributed by atoms with Crippen molar-refractivity contribution in [2.24, 2.45) is 0 Å². The van der Waals surface area contributed by atoms with Crippen LogP contribution < -0.4 is 0 Å². The molecule has 0 aliphatic carbocycles. The number of aromatic nitrogens is 2. The van der Waals surface area contributed by atoms with Crippen molar-refractivity contribution in [2.75, 3.05) is 0 Å². The van der Waals surface area contributed by atoms with E-state index in [1.165, 1.54) is 24.3 Å². The average molecular weight is 344 g/mol. The quantitative estimate of drug-likeness (QED) is 0.565. The Balaban J connectivity index is 1.91. The van der Waals surface area contributed by atoms with Gasteiger partial charge in [0.2, 0.25) is 5.82 Å². The van der Waals surface area contributed by atoms with Crippen molar-refractivity contribution in [2.45, 2.75) is 0 Å². The maximum atomic E-state index is 10.8. The molecule has 0 fully saturated rings. The molecule has 0 bridgehead atoms. The van der Waals surface area contributed by atoms with E-state index < -0.39 is 16.4 Å². The van der Waals surface area contributed by atoms with Crippen molar-refractivity contribution in [1.82, 2.24) is 10.1 Å². The standard InChI is InChI=1S/C16H10ClN3O4/c17-12(8-10-6-7-14(21)13(9-10)20(22)23)16-18-15(19-24-16)11-4-2-1-3-5-11/h1-9,21H/b12-8-. The van der Waals surface area contributed by atoms with Gasteiger partial charge in [-0.3, -0.25) is 10.1 Å². The number of nitrogens with zero attached hydrogens (tertiary/aromatic N) is 3. The maximum Gasteiger partial charge on any atom is 0.311 e. The molecular weight excluding hydrogens is 334 g/mol. The summed E-state index contributed by atoms with van der Waals surface area (Å²) in [6.07, 6.45) is 1.44. The number of hydrogen-bond donors (Lipinski definition) is 1. The van der Waals surface area contributed by atoms with Gasteiger partial charge in [-0.1, -0.05) is 53.2 Å². The second-order valence-electron chi connectivity index (χ2n) is 4.79. The van der Waals surface area contributed by atoms with Crippen LogP contribution in [-0.4, -0.2) is 20.2 Å². The van der Waals surface area contributed by atoms with Gasteiger partial charge < -0.3 is 9.63 Å². The van der Waals surface area contributed by atoms with Crippen LogP contribution in [0, 0.1) is 10.1 Å². The Bertz CT molecular complexity index is 922. The number of aromatic hydroxyl groups is 1. The molecule has 1 heterocycles. The van der Waals surface area contributed by atoms with Gasteiger partial charge >= 0.3 is 5.69 Å². The molecule has 0 amide bonds. The molecule has 3 aromatic rings.